The minimum Gasteiger partial charge on any atom is -0.480 e. The molecule has 0 bridgehead atoms. The van der Waals surface area contributed by atoms with Gasteiger partial charge in [0.1, 0.15) is 6.04 Å². The number of rotatable bonds is 6. The van der Waals surface area contributed by atoms with Crippen LogP contribution in [0.2, 0.25) is 0 Å². The number of amides is 1. The number of hydrogen-bond donors (Lipinski definition) is 3. The third-order valence-electron chi connectivity index (χ3n) is 2.91. The Kier molecular flexibility index (Phi) is 5.89. The van der Waals surface area contributed by atoms with E-state index < -0.39 is 23.9 Å². The Balaban J connectivity index is 1.94. The molecule has 0 saturated carbocycles. The fraction of sp³-hybridized carbons (Fsp3) is 0.133. The standard InChI is InChI=1S/C15H13NO5S2/c17-13(15(20)21)16-12(14(18)19)8-22-23-11-6-5-9-3-1-2-4-10(9)7-11/h1-7,12H,8H2,(H,16,17)(H,18,19)(H,20,21)/t12-/m0/s1. The average Bonchev–Trinajstić information content (AvgIpc) is 2.53. The van der Waals surface area contributed by atoms with Crippen LogP contribution in [0.25, 0.3) is 10.8 Å². The minimum absolute atomic E-state index is 0.0475. The van der Waals surface area contributed by atoms with Crippen LogP contribution in [0.1, 0.15) is 0 Å². The Labute approximate surface area is 139 Å². The van der Waals surface area contributed by atoms with Gasteiger partial charge in [-0.25, -0.2) is 9.59 Å². The molecule has 0 saturated heterocycles. The number of hydrogen-bond acceptors (Lipinski definition) is 5. The number of carboxylic acids is 2. The molecule has 0 aromatic heterocycles. The van der Waals surface area contributed by atoms with Gasteiger partial charge in [0.25, 0.3) is 0 Å². The maximum Gasteiger partial charge on any atom is 0.394 e. The number of aliphatic carboxylic acids is 2. The molecule has 2 aromatic rings. The quantitative estimate of drug-likeness (QED) is 0.541. The Morgan fingerprint density at radius 2 is 1.74 bits per heavy atom. The normalized spacial score (nSPS) is 11.8. The molecule has 6 nitrogen and oxygen atoms in total. The lowest BCUT2D eigenvalue weighted by atomic mass is 10.1. The molecular weight excluding hydrogens is 338 g/mol. The van der Waals surface area contributed by atoms with Crippen molar-refractivity contribution in [2.45, 2.75) is 10.9 Å². The Bertz CT molecular complexity index is 749. The van der Waals surface area contributed by atoms with E-state index in [0.717, 1.165) is 15.7 Å². The molecule has 0 fully saturated rings. The summed E-state index contributed by atoms with van der Waals surface area (Å²) in [6, 6.07) is 12.5. The highest BCUT2D eigenvalue weighted by atomic mass is 33.1. The van der Waals surface area contributed by atoms with E-state index in [1.54, 1.807) is 0 Å². The summed E-state index contributed by atoms with van der Waals surface area (Å²) in [4.78, 5) is 33.5. The molecule has 2 aromatic carbocycles. The average molecular weight is 351 g/mol. The van der Waals surface area contributed by atoms with Crippen molar-refractivity contribution in [3.05, 3.63) is 42.5 Å². The van der Waals surface area contributed by atoms with E-state index in [1.807, 2.05) is 47.8 Å². The monoisotopic (exact) mass is 351 g/mol. The van der Waals surface area contributed by atoms with Gasteiger partial charge in [-0.15, -0.1) is 0 Å². The molecule has 3 N–H and O–H groups in total. The second-order valence-corrected chi connectivity index (χ2v) is 6.96. The summed E-state index contributed by atoms with van der Waals surface area (Å²) in [6.45, 7) is 0. The Morgan fingerprint density at radius 3 is 2.39 bits per heavy atom. The van der Waals surface area contributed by atoms with E-state index in [1.165, 1.54) is 21.6 Å². The third-order valence-corrected chi connectivity index (χ3v) is 5.28. The van der Waals surface area contributed by atoms with Gasteiger partial charge in [-0.3, -0.25) is 4.79 Å². The highest BCUT2D eigenvalue weighted by molar-refractivity contribution is 8.76. The molecule has 0 unspecified atom stereocenters. The highest BCUT2D eigenvalue weighted by Gasteiger charge is 2.23. The number of carboxylic acid groups (broad SMARTS) is 2. The molecule has 0 heterocycles. The van der Waals surface area contributed by atoms with Crippen LogP contribution in [0, 0.1) is 0 Å². The summed E-state index contributed by atoms with van der Waals surface area (Å²) in [5.74, 6) is -4.25. The van der Waals surface area contributed by atoms with Gasteiger partial charge in [-0.2, -0.15) is 0 Å². The molecule has 120 valence electrons. The van der Waals surface area contributed by atoms with Crippen LogP contribution in [0.15, 0.2) is 47.4 Å². The van der Waals surface area contributed by atoms with Crippen molar-refractivity contribution in [1.29, 1.82) is 0 Å². The Morgan fingerprint density at radius 1 is 1.04 bits per heavy atom. The molecule has 8 heteroatoms. The molecule has 0 spiro atoms. The van der Waals surface area contributed by atoms with Gasteiger partial charge in [-0.1, -0.05) is 51.9 Å². The van der Waals surface area contributed by atoms with Gasteiger partial charge in [0.2, 0.25) is 0 Å². The second-order valence-electron chi connectivity index (χ2n) is 4.55. The van der Waals surface area contributed by atoms with E-state index in [9.17, 15) is 14.4 Å². The first-order chi connectivity index (χ1) is 11.0. The van der Waals surface area contributed by atoms with Crippen molar-refractivity contribution < 1.29 is 24.6 Å². The van der Waals surface area contributed by atoms with Gasteiger partial charge < -0.3 is 15.5 Å². The summed E-state index contributed by atoms with van der Waals surface area (Å²) in [6.07, 6.45) is 0. The summed E-state index contributed by atoms with van der Waals surface area (Å²) in [7, 11) is 2.60. The summed E-state index contributed by atoms with van der Waals surface area (Å²) >= 11 is 0. The van der Waals surface area contributed by atoms with Crippen molar-refractivity contribution in [1.82, 2.24) is 5.32 Å². The molecule has 0 aliphatic heterocycles. The first kappa shape index (κ1) is 17.2. The van der Waals surface area contributed by atoms with Crippen LogP contribution in [0.5, 0.6) is 0 Å². The van der Waals surface area contributed by atoms with Crippen LogP contribution >= 0.6 is 21.6 Å². The zero-order valence-electron chi connectivity index (χ0n) is 11.8. The van der Waals surface area contributed by atoms with E-state index in [0.29, 0.717) is 0 Å². The number of carbonyl (C=O) groups excluding carboxylic acids is 1. The number of nitrogens with one attached hydrogen (secondary N) is 1. The van der Waals surface area contributed by atoms with Crippen molar-refractivity contribution in [3.63, 3.8) is 0 Å². The molecular formula is C15H13NO5S2. The number of carbonyl (C=O) groups is 3. The lowest BCUT2D eigenvalue weighted by Gasteiger charge is -2.12. The van der Waals surface area contributed by atoms with Crippen LogP contribution < -0.4 is 5.32 Å². The first-order valence-corrected chi connectivity index (χ1v) is 8.84. The predicted molar refractivity (Wildman–Crippen MR) is 89.5 cm³/mol. The lowest BCUT2D eigenvalue weighted by molar-refractivity contribution is -0.151. The van der Waals surface area contributed by atoms with Gasteiger partial charge in [0.05, 0.1) is 0 Å². The molecule has 0 aliphatic rings. The lowest BCUT2D eigenvalue weighted by Crippen LogP contribution is -2.45. The molecule has 23 heavy (non-hydrogen) atoms. The van der Waals surface area contributed by atoms with Crippen molar-refractivity contribution in [3.8, 4) is 0 Å². The summed E-state index contributed by atoms with van der Waals surface area (Å²) < 4.78 is 0. The maximum absolute atomic E-state index is 11.0. The summed E-state index contributed by atoms with van der Waals surface area (Å²) in [5, 5.41) is 21.7. The van der Waals surface area contributed by atoms with Crippen LogP contribution in [0.3, 0.4) is 0 Å². The highest BCUT2D eigenvalue weighted by Crippen LogP contribution is 2.33. The Hall–Kier alpha value is -2.19. The zero-order valence-corrected chi connectivity index (χ0v) is 13.4. The van der Waals surface area contributed by atoms with Crippen molar-refractivity contribution in [2.24, 2.45) is 0 Å². The van der Waals surface area contributed by atoms with Gasteiger partial charge >= 0.3 is 17.8 Å². The van der Waals surface area contributed by atoms with Gasteiger partial charge in [-0.05, 0) is 22.9 Å². The first-order valence-electron chi connectivity index (χ1n) is 6.52. The van der Waals surface area contributed by atoms with Crippen molar-refractivity contribution in [2.75, 3.05) is 5.75 Å². The van der Waals surface area contributed by atoms with Gasteiger partial charge in [0, 0.05) is 10.6 Å². The van der Waals surface area contributed by atoms with Crippen LogP contribution in [0.4, 0.5) is 0 Å². The third kappa shape index (κ3) is 4.90. The maximum atomic E-state index is 11.0. The molecule has 0 radical (unpaired) electrons. The second kappa shape index (κ2) is 7.89. The van der Waals surface area contributed by atoms with Crippen LogP contribution in [-0.2, 0) is 14.4 Å². The molecule has 2 rings (SSSR count). The fourth-order valence-electron chi connectivity index (χ4n) is 1.78. The van der Waals surface area contributed by atoms with Gasteiger partial charge in [0.15, 0.2) is 0 Å². The molecule has 0 aliphatic carbocycles. The number of benzene rings is 2. The number of fused-ring (bicyclic) bond motifs is 1. The summed E-state index contributed by atoms with van der Waals surface area (Å²) in [5.41, 5.74) is 0. The fourth-order valence-corrected chi connectivity index (χ4v) is 3.98. The topological polar surface area (TPSA) is 104 Å². The zero-order chi connectivity index (χ0) is 16.8. The van der Waals surface area contributed by atoms with E-state index in [2.05, 4.69) is 0 Å². The smallest absolute Gasteiger partial charge is 0.394 e. The molecule has 1 atom stereocenters. The van der Waals surface area contributed by atoms with Crippen molar-refractivity contribution >= 4 is 50.2 Å². The largest absolute Gasteiger partial charge is 0.480 e. The van der Waals surface area contributed by atoms with Crippen LogP contribution in [-0.4, -0.2) is 39.9 Å². The SMILES string of the molecule is O=C(O)C(=O)N[C@@H](CSSc1ccc2ccccc2c1)C(=O)O. The van der Waals surface area contributed by atoms with E-state index >= 15 is 0 Å². The van der Waals surface area contributed by atoms with E-state index in [4.69, 9.17) is 10.2 Å². The predicted octanol–water partition coefficient (Wildman–Crippen LogP) is 2.23. The van der Waals surface area contributed by atoms with E-state index in [-0.39, 0.29) is 5.75 Å². The molecule has 1 amide bonds. The minimum atomic E-state index is -1.71.